The van der Waals surface area contributed by atoms with E-state index in [9.17, 15) is 5.11 Å². The van der Waals surface area contributed by atoms with Crippen molar-refractivity contribution in [3.05, 3.63) is 83.2 Å². The van der Waals surface area contributed by atoms with Gasteiger partial charge in [0.15, 0.2) is 22.8 Å². The first kappa shape index (κ1) is 35.5. The number of nitrogens with zero attached hydrogens (tertiary/aromatic N) is 4. The van der Waals surface area contributed by atoms with E-state index in [1.54, 1.807) is 19.2 Å². The van der Waals surface area contributed by atoms with E-state index in [0.29, 0.717) is 17.2 Å². The molecule has 0 atom stereocenters. The lowest BCUT2D eigenvalue weighted by atomic mass is 10.1. The number of nitrogens with one attached hydrogen (secondary N) is 1. The molecule has 0 spiro atoms. The Kier molecular flexibility index (Phi) is 13.1. The molecule has 246 valence electrons. The molecule has 0 fully saturated rings. The molecular weight excluding hydrogens is 580 g/mol. The van der Waals surface area contributed by atoms with Gasteiger partial charge in [-0.15, -0.1) is 0 Å². The average Bonchev–Trinajstić information content (AvgIpc) is 3.05. The number of aryl methyl sites for hydroxylation is 2. The summed E-state index contributed by atoms with van der Waals surface area (Å²) < 4.78 is 11.1. The molecule has 10 nitrogen and oxygen atoms in total. The van der Waals surface area contributed by atoms with Gasteiger partial charge in [-0.05, 0) is 82.1 Å². The SMILES string of the molecule is CCN(CC)c1cccc(O)c1.CCN=c1cc2oc3cc(N(C)C)ccc3nc-2cc1C.CNc1cc(OC)c(ON)cc1C. The minimum Gasteiger partial charge on any atom is -0.508 e. The summed E-state index contributed by atoms with van der Waals surface area (Å²) in [6.07, 6.45) is 0. The standard InChI is InChI=1S/C17H19N3O.C10H15NO.C9H14N2O2/c1-5-18-14-10-17-15(8-11(14)2)19-13-7-6-12(20(3)4)9-16(13)21-17;1-3-11(4-2)9-6-5-7-10(12)8-9;1-6-4-9(13-10)8(12-3)5-7(6)11-2/h6-10H,5H2,1-4H3;5-8,12H,3-4H2,1-2H3;4-5,11H,10H2,1-3H3. The molecule has 0 bridgehead atoms. The number of phenolic OH excluding ortho intramolecular Hbond substituents is 1. The first-order chi connectivity index (χ1) is 22.1. The van der Waals surface area contributed by atoms with Gasteiger partial charge in [-0.3, -0.25) is 4.99 Å². The monoisotopic (exact) mass is 628 g/mol. The van der Waals surface area contributed by atoms with E-state index in [1.807, 2.05) is 94.5 Å². The van der Waals surface area contributed by atoms with Crippen molar-refractivity contribution in [1.29, 1.82) is 0 Å². The van der Waals surface area contributed by atoms with Crippen molar-refractivity contribution in [3.63, 3.8) is 0 Å². The van der Waals surface area contributed by atoms with Crippen LogP contribution in [0.4, 0.5) is 17.1 Å². The van der Waals surface area contributed by atoms with Crippen molar-refractivity contribution in [2.45, 2.75) is 34.6 Å². The number of methoxy groups -OCH3 is 1. The Morgan fingerprint density at radius 2 is 1.65 bits per heavy atom. The van der Waals surface area contributed by atoms with Crippen LogP contribution in [0.3, 0.4) is 0 Å². The predicted octanol–water partition coefficient (Wildman–Crippen LogP) is 6.76. The molecule has 0 aromatic heterocycles. The van der Waals surface area contributed by atoms with Gasteiger partial charge in [-0.1, -0.05) is 6.07 Å². The number of rotatable bonds is 8. The Hall–Kier alpha value is -4.96. The lowest BCUT2D eigenvalue weighted by molar-refractivity contribution is 0.306. The maximum Gasteiger partial charge on any atom is 0.189 e. The average molecular weight is 629 g/mol. The minimum atomic E-state index is 0.333. The number of fused-ring (bicyclic) bond motifs is 2. The molecule has 2 aliphatic rings. The fraction of sp³-hybridized carbons (Fsp3) is 0.333. The van der Waals surface area contributed by atoms with Gasteiger partial charge in [0, 0.05) is 82.1 Å². The van der Waals surface area contributed by atoms with E-state index in [4.69, 9.17) is 15.1 Å². The molecule has 0 saturated carbocycles. The van der Waals surface area contributed by atoms with Gasteiger partial charge in [-0.2, -0.15) is 5.90 Å². The number of ether oxygens (including phenoxy) is 1. The number of aromatic nitrogens is 1. The third-order valence-corrected chi connectivity index (χ3v) is 7.39. The lowest BCUT2D eigenvalue weighted by Gasteiger charge is -2.20. The lowest BCUT2D eigenvalue weighted by Crippen LogP contribution is -2.21. The normalized spacial score (nSPS) is 10.9. The zero-order valence-corrected chi connectivity index (χ0v) is 28.5. The summed E-state index contributed by atoms with van der Waals surface area (Å²) in [5.41, 5.74) is 7.89. The van der Waals surface area contributed by atoms with Crippen molar-refractivity contribution in [2.75, 3.05) is 63.0 Å². The molecule has 0 unspecified atom stereocenters. The van der Waals surface area contributed by atoms with E-state index in [1.165, 1.54) is 0 Å². The number of nitrogens with two attached hydrogens (primary N) is 1. The van der Waals surface area contributed by atoms with Crippen LogP contribution >= 0.6 is 0 Å². The molecule has 0 amide bonds. The van der Waals surface area contributed by atoms with Gasteiger partial charge in [0.25, 0.3) is 0 Å². The van der Waals surface area contributed by atoms with E-state index >= 15 is 0 Å². The molecule has 1 aliphatic carbocycles. The number of anilines is 3. The molecular formula is C36H48N6O4. The highest BCUT2D eigenvalue weighted by molar-refractivity contribution is 5.80. The first-order valence-electron chi connectivity index (χ1n) is 15.4. The summed E-state index contributed by atoms with van der Waals surface area (Å²) in [7, 11) is 7.45. The third-order valence-electron chi connectivity index (χ3n) is 7.39. The van der Waals surface area contributed by atoms with Gasteiger partial charge in [0.05, 0.1) is 12.5 Å². The first-order valence-corrected chi connectivity index (χ1v) is 15.4. The molecule has 5 rings (SSSR count). The van der Waals surface area contributed by atoms with Crippen LogP contribution in [0.2, 0.25) is 0 Å². The van der Waals surface area contributed by atoms with Crippen molar-refractivity contribution in [2.24, 2.45) is 10.9 Å². The second-order valence-electron chi connectivity index (χ2n) is 10.7. The molecule has 46 heavy (non-hydrogen) atoms. The van der Waals surface area contributed by atoms with Crippen LogP contribution < -0.4 is 35.9 Å². The van der Waals surface area contributed by atoms with Crippen molar-refractivity contribution in [1.82, 2.24) is 4.98 Å². The molecule has 1 heterocycles. The van der Waals surface area contributed by atoms with Gasteiger partial charge < -0.3 is 34.2 Å². The summed E-state index contributed by atoms with van der Waals surface area (Å²) in [6, 6.07) is 21.1. The summed E-state index contributed by atoms with van der Waals surface area (Å²) in [5, 5.41) is 13.2. The maximum absolute atomic E-state index is 9.23. The molecule has 1 aliphatic heterocycles. The Labute approximate surface area is 272 Å². The zero-order chi connectivity index (χ0) is 33.8. The van der Waals surface area contributed by atoms with Gasteiger partial charge in [0.2, 0.25) is 0 Å². The number of hydrogen-bond donors (Lipinski definition) is 3. The fourth-order valence-corrected chi connectivity index (χ4v) is 4.84. The van der Waals surface area contributed by atoms with Gasteiger partial charge in [-0.25, -0.2) is 4.98 Å². The summed E-state index contributed by atoms with van der Waals surface area (Å²) >= 11 is 0. The zero-order valence-electron chi connectivity index (χ0n) is 28.5. The van der Waals surface area contributed by atoms with Crippen molar-refractivity contribution < 1.29 is 19.1 Å². The second-order valence-corrected chi connectivity index (χ2v) is 10.7. The molecule has 4 N–H and O–H groups in total. The van der Waals surface area contributed by atoms with Crippen LogP contribution in [0.5, 0.6) is 17.2 Å². The van der Waals surface area contributed by atoms with Gasteiger partial charge in [0.1, 0.15) is 17.0 Å². The Morgan fingerprint density at radius 3 is 2.24 bits per heavy atom. The van der Waals surface area contributed by atoms with E-state index < -0.39 is 0 Å². The maximum atomic E-state index is 9.23. The largest absolute Gasteiger partial charge is 0.508 e. The molecule has 0 saturated heterocycles. The highest BCUT2D eigenvalue weighted by Crippen LogP contribution is 2.32. The van der Waals surface area contributed by atoms with Crippen LogP contribution in [-0.2, 0) is 0 Å². The summed E-state index contributed by atoms with van der Waals surface area (Å²) in [4.78, 5) is 18.1. The van der Waals surface area contributed by atoms with E-state index in [-0.39, 0.29) is 0 Å². The minimum absolute atomic E-state index is 0.333. The topological polar surface area (TPSA) is 122 Å². The fourth-order valence-electron chi connectivity index (χ4n) is 4.84. The highest BCUT2D eigenvalue weighted by atomic mass is 16.6. The smallest absolute Gasteiger partial charge is 0.189 e. The molecule has 0 radical (unpaired) electrons. The number of hydrogen-bond acceptors (Lipinski definition) is 10. The molecule has 10 heteroatoms. The highest BCUT2D eigenvalue weighted by Gasteiger charge is 2.11. The van der Waals surface area contributed by atoms with Crippen LogP contribution in [0, 0.1) is 13.8 Å². The number of aromatic hydroxyl groups is 1. The van der Waals surface area contributed by atoms with E-state index in [0.717, 1.165) is 75.7 Å². The third kappa shape index (κ3) is 9.04. The Balaban J connectivity index is 0.000000200. The van der Waals surface area contributed by atoms with Crippen LogP contribution in [0.1, 0.15) is 31.9 Å². The Morgan fingerprint density at radius 1 is 0.913 bits per heavy atom. The second kappa shape index (κ2) is 16.9. The van der Waals surface area contributed by atoms with E-state index in [2.05, 4.69) is 45.8 Å². The van der Waals surface area contributed by atoms with Gasteiger partial charge >= 0.3 is 0 Å². The van der Waals surface area contributed by atoms with Crippen molar-refractivity contribution >= 4 is 28.2 Å². The quantitative estimate of drug-likeness (QED) is 0.126. The number of phenols is 1. The summed E-state index contributed by atoms with van der Waals surface area (Å²) in [5.74, 6) is 7.36. The van der Waals surface area contributed by atoms with Crippen molar-refractivity contribution in [3.8, 4) is 28.7 Å². The number of benzene rings is 4. The van der Waals surface area contributed by atoms with Crippen LogP contribution in [-0.4, -0.2) is 58.0 Å². The summed E-state index contributed by atoms with van der Waals surface area (Å²) in [6.45, 7) is 13.0. The molecule has 3 aromatic rings. The molecule has 3 aromatic carbocycles. The Bertz CT molecular complexity index is 1750. The van der Waals surface area contributed by atoms with Crippen LogP contribution in [0.15, 0.2) is 76.1 Å². The predicted molar refractivity (Wildman–Crippen MR) is 190 cm³/mol. The van der Waals surface area contributed by atoms with Crippen LogP contribution in [0.25, 0.3) is 22.6 Å².